The molecule has 0 heterocycles. The van der Waals surface area contributed by atoms with Gasteiger partial charge in [-0.25, -0.2) is 0 Å². The third kappa shape index (κ3) is 7.72. The van der Waals surface area contributed by atoms with Gasteiger partial charge in [0.05, 0.1) is 31.5 Å². The lowest BCUT2D eigenvalue weighted by Crippen LogP contribution is -2.61. The van der Waals surface area contributed by atoms with Gasteiger partial charge in [0, 0.05) is 35.4 Å². The number of fused-ring (bicyclic) bond motifs is 6. The maximum Gasteiger partial charge on any atom is 0.306 e. The zero-order chi connectivity index (χ0) is 40.5. The summed E-state index contributed by atoms with van der Waals surface area (Å²) < 4.78 is 10.6. The van der Waals surface area contributed by atoms with Crippen LogP contribution in [0.25, 0.3) is 10.8 Å². The van der Waals surface area contributed by atoms with E-state index in [4.69, 9.17) is 15.2 Å². The van der Waals surface area contributed by atoms with Crippen LogP contribution in [0.1, 0.15) is 75.8 Å². The number of ether oxygens (including phenoxy) is 2. The van der Waals surface area contributed by atoms with Crippen LogP contribution in [0.4, 0.5) is 5.69 Å². The number of Topliss-reactive ketones (excluding diaryl/α,β-unsaturated/α-hetero) is 1. The summed E-state index contributed by atoms with van der Waals surface area (Å²) in [6.45, 7) is 3.52. The summed E-state index contributed by atoms with van der Waals surface area (Å²) in [6.07, 6.45) is 6.80. The van der Waals surface area contributed by atoms with Crippen LogP contribution in [0.15, 0.2) is 90.5 Å². The lowest BCUT2D eigenvalue weighted by molar-refractivity contribution is -0.181. The summed E-state index contributed by atoms with van der Waals surface area (Å²) in [5, 5.41) is 28.6. The molecule has 300 valence electrons. The number of rotatable bonds is 13. The second-order valence-corrected chi connectivity index (χ2v) is 16.7. The molecule has 0 radical (unpaired) electrons. The van der Waals surface area contributed by atoms with Gasteiger partial charge < -0.3 is 30.7 Å². The topological polar surface area (TPSA) is 182 Å². The molecule has 3 aromatic carbocycles. The number of ketones is 2. The number of hydrogen-bond acceptors (Lipinski definition) is 10. The summed E-state index contributed by atoms with van der Waals surface area (Å²) in [5.74, 6) is -2.85. The number of aliphatic hydroxyl groups excluding tert-OH is 1. The van der Waals surface area contributed by atoms with E-state index in [2.05, 4.69) is 12.2 Å². The molecular formula is C46H52N2O9. The molecule has 3 fully saturated rings. The first-order valence-electron chi connectivity index (χ1n) is 20.0. The number of hydrogen-bond donors (Lipinski definition) is 4. The molecule has 0 bridgehead atoms. The van der Waals surface area contributed by atoms with Crippen LogP contribution in [0.3, 0.4) is 0 Å². The van der Waals surface area contributed by atoms with Crippen molar-refractivity contribution in [2.24, 2.45) is 34.3 Å². The number of amides is 1. The summed E-state index contributed by atoms with van der Waals surface area (Å²) in [6, 6.07) is 21.0. The van der Waals surface area contributed by atoms with Crippen molar-refractivity contribution in [1.82, 2.24) is 0 Å². The summed E-state index contributed by atoms with van der Waals surface area (Å²) >= 11 is 0. The van der Waals surface area contributed by atoms with Crippen molar-refractivity contribution < 1.29 is 43.7 Å². The van der Waals surface area contributed by atoms with E-state index >= 15 is 0 Å². The van der Waals surface area contributed by atoms with Gasteiger partial charge in [-0.1, -0.05) is 80.1 Å². The first-order valence-corrected chi connectivity index (χ1v) is 20.0. The minimum Gasteiger partial charge on any atom is -0.465 e. The predicted octanol–water partition coefficient (Wildman–Crippen LogP) is 5.51. The van der Waals surface area contributed by atoms with E-state index in [0.717, 1.165) is 40.3 Å². The number of esters is 2. The van der Waals surface area contributed by atoms with E-state index in [1.165, 1.54) is 0 Å². The number of carbonyl (C=O) groups excluding carboxylic acids is 5. The maximum absolute atomic E-state index is 13.6. The Morgan fingerprint density at radius 3 is 2.40 bits per heavy atom. The van der Waals surface area contributed by atoms with Crippen LogP contribution in [0.5, 0.6) is 0 Å². The molecule has 0 saturated heterocycles. The van der Waals surface area contributed by atoms with E-state index in [0.29, 0.717) is 18.5 Å². The molecule has 4 aliphatic carbocycles. The first-order chi connectivity index (χ1) is 27.3. The van der Waals surface area contributed by atoms with E-state index in [1.54, 1.807) is 12.2 Å². The number of nitrogens with one attached hydrogen (secondary N) is 1. The fourth-order valence-corrected chi connectivity index (χ4v) is 10.5. The minimum absolute atomic E-state index is 0.0244. The van der Waals surface area contributed by atoms with E-state index in [9.17, 15) is 34.2 Å². The number of nitrogens with two attached hydrogens (primary N) is 1. The third-order valence-electron chi connectivity index (χ3n) is 13.6. The highest BCUT2D eigenvalue weighted by molar-refractivity contribution is 6.01. The Bertz CT molecular complexity index is 2130. The molecule has 1 amide bonds. The third-order valence-corrected chi connectivity index (χ3v) is 13.6. The fraction of sp³-hybridized carbons (Fsp3) is 0.457. The molecule has 3 aromatic rings. The summed E-state index contributed by atoms with van der Waals surface area (Å²) in [4.78, 5) is 63.8. The van der Waals surface area contributed by atoms with Crippen molar-refractivity contribution >= 4 is 45.9 Å². The van der Waals surface area contributed by atoms with Crippen LogP contribution in [-0.4, -0.2) is 71.1 Å². The minimum atomic E-state index is -1.77. The molecule has 11 nitrogen and oxygen atoms in total. The Labute approximate surface area is 332 Å². The monoisotopic (exact) mass is 776 g/mol. The van der Waals surface area contributed by atoms with E-state index in [1.807, 2.05) is 79.7 Å². The van der Waals surface area contributed by atoms with Gasteiger partial charge in [-0.15, -0.1) is 0 Å². The van der Waals surface area contributed by atoms with Gasteiger partial charge in [-0.3, -0.25) is 24.0 Å². The molecule has 0 aliphatic heterocycles. The fourth-order valence-electron chi connectivity index (χ4n) is 10.5. The van der Waals surface area contributed by atoms with Crippen molar-refractivity contribution in [3.63, 3.8) is 0 Å². The standard InChI is InChI=1S/C46H52N2O9/c1-44-20-17-34(49)24-32(44)12-14-35-37-18-21-46(55,45(37,2)25-38(50)42(35)44)39(51)27-57-41(53)16-15-40(52)56-22-19-28-7-9-30(10-8-28)36(26-47)43(54)48-33-13-11-29-5-3-4-6-31(29)23-33/h3-11,13,17,20,23-24,35-38,42,50,55H,12,14-16,18-19,21-22,25-27,47H2,1-2H3,(H,48,54)/t35-,36+,37-,38-,42+,44-,45-,46-/m0/s1. The lowest BCUT2D eigenvalue weighted by atomic mass is 9.46. The van der Waals surface area contributed by atoms with Crippen molar-refractivity contribution in [2.45, 2.75) is 82.8 Å². The van der Waals surface area contributed by atoms with Crippen molar-refractivity contribution in [1.29, 1.82) is 0 Å². The largest absolute Gasteiger partial charge is 0.465 e. The number of benzene rings is 3. The first kappa shape index (κ1) is 40.2. The van der Waals surface area contributed by atoms with Crippen molar-refractivity contribution in [2.75, 3.05) is 25.1 Å². The average molecular weight is 777 g/mol. The second-order valence-electron chi connectivity index (χ2n) is 16.7. The van der Waals surface area contributed by atoms with Gasteiger partial charge in [-0.05, 0) is 90.1 Å². The molecule has 3 saturated carbocycles. The van der Waals surface area contributed by atoms with Crippen molar-refractivity contribution in [3.05, 3.63) is 102 Å². The van der Waals surface area contributed by atoms with Gasteiger partial charge in [0.1, 0.15) is 5.60 Å². The molecule has 0 spiro atoms. The number of aliphatic hydroxyl groups is 2. The molecule has 0 aromatic heterocycles. The average Bonchev–Trinajstić information content (AvgIpc) is 3.47. The smallest absolute Gasteiger partial charge is 0.306 e. The number of carbonyl (C=O) groups is 5. The maximum atomic E-state index is 13.6. The van der Waals surface area contributed by atoms with Crippen LogP contribution in [-0.2, 0) is 39.9 Å². The molecule has 11 heteroatoms. The quantitative estimate of drug-likeness (QED) is 0.162. The highest BCUT2D eigenvalue weighted by atomic mass is 16.5. The number of allylic oxidation sites excluding steroid dienone is 4. The van der Waals surface area contributed by atoms with Gasteiger partial charge >= 0.3 is 11.9 Å². The Balaban J connectivity index is 0.842. The van der Waals surface area contributed by atoms with Crippen molar-refractivity contribution in [3.8, 4) is 0 Å². The van der Waals surface area contributed by atoms with Crippen LogP contribution < -0.4 is 11.1 Å². The Kier molecular flexibility index (Phi) is 11.4. The second kappa shape index (κ2) is 16.1. The van der Waals surface area contributed by atoms with E-state index in [-0.39, 0.29) is 68.3 Å². The Morgan fingerprint density at radius 1 is 0.947 bits per heavy atom. The van der Waals surface area contributed by atoms with Gasteiger partial charge in [0.15, 0.2) is 12.4 Å². The SMILES string of the molecule is C[C@]12C=CC(=O)C=C1CC[C@@H]1[C@@H]2[C@@H](O)C[C@@]2(C)[C@H]1CC[C@]2(O)C(=O)COC(=O)CCC(=O)OCCc1ccc([C@@H](CN)C(=O)Nc2ccc3ccccc3c2)cc1. The molecular weight excluding hydrogens is 725 g/mol. The predicted molar refractivity (Wildman–Crippen MR) is 214 cm³/mol. The van der Waals surface area contributed by atoms with Crippen LogP contribution >= 0.6 is 0 Å². The zero-order valence-corrected chi connectivity index (χ0v) is 32.6. The normalized spacial score (nSPS) is 29.4. The molecule has 4 aliphatic rings. The summed E-state index contributed by atoms with van der Waals surface area (Å²) in [7, 11) is 0. The molecule has 0 unspecified atom stereocenters. The van der Waals surface area contributed by atoms with Gasteiger partial charge in [0.2, 0.25) is 11.7 Å². The highest BCUT2D eigenvalue weighted by Gasteiger charge is 2.68. The van der Waals surface area contributed by atoms with Crippen LogP contribution in [0, 0.1) is 28.6 Å². The van der Waals surface area contributed by atoms with Gasteiger partial charge in [0.25, 0.3) is 0 Å². The van der Waals surface area contributed by atoms with Crippen LogP contribution in [0.2, 0.25) is 0 Å². The zero-order valence-electron chi connectivity index (χ0n) is 32.6. The molecule has 7 rings (SSSR count). The number of anilines is 1. The molecule has 8 atom stereocenters. The van der Waals surface area contributed by atoms with Gasteiger partial charge in [-0.2, -0.15) is 0 Å². The lowest BCUT2D eigenvalue weighted by Gasteiger charge is -2.59. The summed E-state index contributed by atoms with van der Waals surface area (Å²) in [5.41, 5.74) is 6.23. The molecule has 57 heavy (non-hydrogen) atoms. The Morgan fingerprint density at radius 2 is 1.67 bits per heavy atom. The van der Waals surface area contributed by atoms with E-state index < -0.39 is 52.8 Å². The molecule has 5 N–H and O–H groups in total. The highest BCUT2D eigenvalue weighted by Crippen LogP contribution is 2.67. The Hall–Kier alpha value is -4.97.